The van der Waals surface area contributed by atoms with Gasteiger partial charge in [0.1, 0.15) is 5.69 Å². The first-order chi connectivity index (χ1) is 14.0. The van der Waals surface area contributed by atoms with Crippen LogP contribution in [0.5, 0.6) is 0 Å². The first-order valence-corrected chi connectivity index (χ1v) is 13.0. The van der Waals surface area contributed by atoms with Crippen molar-refractivity contribution in [1.82, 2.24) is 4.98 Å². The quantitative estimate of drug-likeness (QED) is 0.275. The molecule has 1 heterocycles. The number of allylic oxidation sites excluding steroid dienone is 3. The normalized spacial score (nSPS) is 17.7. The van der Waals surface area contributed by atoms with Gasteiger partial charge in [0, 0.05) is 22.8 Å². The van der Waals surface area contributed by atoms with Gasteiger partial charge >= 0.3 is 0 Å². The van der Waals surface area contributed by atoms with Gasteiger partial charge < -0.3 is 0 Å². The topological polar surface area (TPSA) is 30.0 Å². The fraction of sp³-hybridized carbons (Fsp3) is 0.600. The van der Waals surface area contributed by atoms with E-state index in [0.717, 1.165) is 23.8 Å². The zero-order valence-electron chi connectivity index (χ0n) is 19.2. The molecule has 0 bridgehead atoms. The monoisotopic (exact) mass is 481 g/mol. The lowest BCUT2D eigenvalue weighted by molar-refractivity contribution is 0.101. The highest BCUT2D eigenvalue weighted by Gasteiger charge is 2.13. The van der Waals surface area contributed by atoms with Crippen LogP contribution in [0.3, 0.4) is 0 Å². The summed E-state index contributed by atoms with van der Waals surface area (Å²) in [5.74, 6) is 1.81. The molecule has 0 spiro atoms. The van der Waals surface area contributed by atoms with Crippen LogP contribution in [0.15, 0.2) is 42.5 Å². The summed E-state index contributed by atoms with van der Waals surface area (Å²) in [5, 5.41) is 0.474. The Labute approximate surface area is 192 Å². The third-order valence-corrected chi connectivity index (χ3v) is 6.31. The van der Waals surface area contributed by atoms with Crippen molar-refractivity contribution in [3.8, 4) is 0 Å². The second-order valence-electron chi connectivity index (χ2n) is 7.12. The molecule has 1 aromatic rings. The highest BCUT2D eigenvalue weighted by Crippen LogP contribution is 2.26. The molecule has 1 aliphatic rings. The smallest absolute Gasteiger partial charge is 0.178 e. The number of thioether (sulfide) groups is 1. The summed E-state index contributed by atoms with van der Waals surface area (Å²) in [6, 6.07) is 5.64. The molecule has 0 saturated heterocycles. The van der Waals surface area contributed by atoms with Crippen LogP contribution < -0.4 is 0 Å². The van der Waals surface area contributed by atoms with Crippen LogP contribution in [0.25, 0.3) is 0 Å². The minimum atomic E-state index is 0.0194. The van der Waals surface area contributed by atoms with E-state index in [0.29, 0.717) is 15.8 Å². The number of hydrogen-bond acceptors (Lipinski definition) is 3. The van der Waals surface area contributed by atoms with E-state index < -0.39 is 0 Å². The number of carbonyl (C=O) groups excluding carboxylic acids is 1. The van der Waals surface area contributed by atoms with Crippen LogP contribution >= 0.6 is 27.7 Å². The zero-order valence-corrected chi connectivity index (χ0v) is 21.6. The number of nitrogens with zero attached hydrogens (tertiary/aromatic N) is 1. The molecule has 4 heteroatoms. The fourth-order valence-electron chi connectivity index (χ4n) is 2.95. The summed E-state index contributed by atoms with van der Waals surface area (Å²) >= 11 is 5.49. The second kappa shape index (κ2) is 17.9. The molecule has 0 amide bonds. The number of aromatic nitrogens is 1. The first kappa shape index (κ1) is 28.1. The predicted octanol–water partition coefficient (Wildman–Crippen LogP) is 8.41. The summed E-state index contributed by atoms with van der Waals surface area (Å²) in [6.07, 6.45) is 15.1. The van der Waals surface area contributed by atoms with Gasteiger partial charge in [-0.1, -0.05) is 107 Å². The molecule has 0 aromatic carbocycles. The van der Waals surface area contributed by atoms with Crippen LogP contribution in [-0.2, 0) is 5.75 Å². The molecule has 1 aromatic heterocycles. The van der Waals surface area contributed by atoms with Gasteiger partial charge in [-0.25, -0.2) is 4.98 Å². The lowest BCUT2D eigenvalue weighted by atomic mass is 10.0. The van der Waals surface area contributed by atoms with Gasteiger partial charge in [-0.2, -0.15) is 0 Å². The Morgan fingerprint density at radius 2 is 1.79 bits per heavy atom. The van der Waals surface area contributed by atoms with Crippen LogP contribution in [0, 0.1) is 5.92 Å². The zero-order chi connectivity index (χ0) is 22.1. The summed E-state index contributed by atoms with van der Waals surface area (Å²) in [5.41, 5.74) is 1.52. The van der Waals surface area contributed by atoms with Crippen molar-refractivity contribution in [3.63, 3.8) is 0 Å². The van der Waals surface area contributed by atoms with Crippen molar-refractivity contribution in [2.24, 2.45) is 5.92 Å². The maximum Gasteiger partial charge on any atom is 0.178 e. The molecular weight excluding hydrogens is 442 g/mol. The minimum Gasteiger partial charge on any atom is -0.293 e. The number of Topliss-reactive ketones (excluding diaryl/α,β-unsaturated/α-hetero) is 1. The third-order valence-electron chi connectivity index (χ3n) is 4.39. The van der Waals surface area contributed by atoms with E-state index in [1.807, 2.05) is 37.7 Å². The Hall–Kier alpha value is -0.870. The Bertz CT molecular complexity index is 609. The largest absolute Gasteiger partial charge is 0.293 e. The molecule has 0 aliphatic heterocycles. The molecule has 0 saturated carbocycles. The molecule has 2 atom stereocenters. The maximum atomic E-state index is 11.3. The number of ketones is 1. The number of alkyl halides is 1. The van der Waals surface area contributed by atoms with E-state index in [9.17, 15) is 4.79 Å². The van der Waals surface area contributed by atoms with Gasteiger partial charge in [0.05, 0.1) is 5.69 Å². The minimum absolute atomic E-state index is 0.0194. The number of hydrogen-bond donors (Lipinski definition) is 0. The standard InChI is InChI=1S/C15H16BrNOS.C8H18.C2H6/c1-11(18)15-8-4-6-13(17-15)10-19-14-7-3-2-5-12(16)9-14;1-4-6-8(3)7-5-2;1-2/h2-8,12,14H,9-10H2,1H3;8H,4-7H2,1-3H3;1-2H3. The van der Waals surface area contributed by atoms with Gasteiger partial charge in [-0.05, 0) is 24.5 Å². The van der Waals surface area contributed by atoms with E-state index in [2.05, 4.69) is 66.0 Å². The van der Waals surface area contributed by atoms with Gasteiger partial charge in [0.2, 0.25) is 0 Å². The average molecular weight is 483 g/mol. The van der Waals surface area contributed by atoms with Gasteiger partial charge in [-0.15, -0.1) is 11.8 Å². The van der Waals surface area contributed by atoms with Crippen LogP contribution in [0.1, 0.15) is 89.8 Å². The van der Waals surface area contributed by atoms with Crippen LogP contribution in [-0.4, -0.2) is 20.8 Å². The summed E-state index contributed by atoms with van der Waals surface area (Å²) in [4.78, 5) is 16.1. The average Bonchev–Trinajstić information content (AvgIpc) is 2.93. The molecule has 1 aliphatic carbocycles. The van der Waals surface area contributed by atoms with E-state index in [-0.39, 0.29) is 5.78 Å². The summed E-state index contributed by atoms with van der Waals surface area (Å²) < 4.78 is 0. The number of rotatable bonds is 8. The van der Waals surface area contributed by atoms with E-state index in [4.69, 9.17) is 0 Å². The van der Waals surface area contributed by atoms with Crippen molar-refractivity contribution in [2.75, 3.05) is 0 Å². The number of halogens is 1. The maximum absolute atomic E-state index is 11.3. The Morgan fingerprint density at radius 3 is 2.38 bits per heavy atom. The molecule has 2 unspecified atom stereocenters. The van der Waals surface area contributed by atoms with Crippen molar-refractivity contribution in [1.29, 1.82) is 0 Å². The van der Waals surface area contributed by atoms with E-state index >= 15 is 0 Å². The SMILES string of the molecule is CC.CC(=O)c1cccc(CSC2C=CC=CC(Br)C2)n1.CCCC(C)CCC. The van der Waals surface area contributed by atoms with Crippen molar-refractivity contribution in [2.45, 2.75) is 89.5 Å². The Morgan fingerprint density at radius 1 is 1.17 bits per heavy atom. The van der Waals surface area contributed by atoms with Gasteiger partial charge in [0.25, 0.3) is 0 Å². The number of pyridine rings is 1. The Balaban J connectivity index is 0.000000664. The highest BCUT2D eigenvalue weighted by molar-refractivity contribution is 9.09. The van der Waals surface area contributed by atoms with Crippen molar-refractivity contribution >= 4 is 33.5 Å². The van der Waals surface area contributed by atoms with Crippen molar-refractivity contribution < 1.29 is 4.79 Å². The summed E-state index contributed by atoms with van der Waals surface area (Å²) in [6.45, 7) is 12.4. The second-order valence-corrected chi connectivity index (χ2v) is 9.53. The highest BCUT2D eigenvalue weighted by atomic mass is 79.9. The molecule has 2 rings (SSSR count). The number of carbonyl (C=O) groups is 1. The Kier molecular flexibility index (Phi) is 17.4. The molecular formula is C25H40BrNOS. The molecule has 2 nitrogen and oxygen atoms in total. The molecule has 164 valence electrons. The molecule has 29 heavy (non-hydrogen) atoms. The third kappa shape index (κ3) is 13.9. The first-order valence-electron chi connectivity index (χ1n) is 11.0. The van der Waals surface area contributed by atoms with E-state index in [1.54, 1.807) is 13.0 Å². The molecule has 0 fully saturated rings. The molecule has 0 N–H and O–H groups in total. The van der Waals surface area contributed by atoms with Crippen molar-refractivity contribution in [3.05, 3.63) is 53.9 Å². The van der Waals surface area contributed by atoms with Crippen LogP contribution in [0.2, 0.25) is 0 Å². The lowest BCUT2D eigenvalue weighted by Gasteiger charge is -2.13. The van der Waals surface area contributed by atoms with Gasteiger partial charge in [0.15, 0.2) is 5.78 Å². The van der Waals surface area contributed by atoms with Gasteiger partial charge in [-0.3, -0.25) is 4.79 Å². The van der Waals surface area contributed by atoms with Crippen LogP contribution in [0.4, 0.5) is 0 Å². The summed E-state index contributed by atoms with van der Waals surface area (Å²) in [7, 11) is 0. The predicted molar refractivity (Wildman–Crippen MR) is 135 cm³/mol. The fourth-order valence-corrected chi connectivity index (χ4v) is 4.87. The molecule has 0 radical (unpaired) electrons. The van der Waals surface area contributed by atoms with E-state index in [1.165, 1.54) is 25.7 Å². The lowest BCUT2D eigenvalue weighted by Crippen LogP contribution is -2.06.